The van der Waals surface area contributed by atoms with E-state index in [2.05, 4.69) is 5.73 Å². The van der Waals surface area contributed by atoms with E-state index >= 15 is 0 Å². The van der Waals surface area contributed by atoms with Crippen molar-refractivity contribution in [3.63, 3.8) is 0 Å². The molecular weight excluding hydrogens is 512 g/mol. The molecule has 0 bridgehead atoms. The van der Waals surface area contributed by atoms with E-state index < -0.39 is 34.1 Å². The molecule has 0 aliphatic carbocycles. The van der Waals surface area contributed by atoms with Crippen molar-refractivity contribution in [3.05, 3.63) is 72.1 Å². The summed E-state index contributed by atoms with van der Waals surface area (Å²) in [7, 11) is 1.24. The summed E-state index contributed by atoms with van der Waals surface area (Å²) in [5.41, 5.74) is 13.4. The molecule has 0 fully saturated rings. The SMILES string of the molecule is CS(=O)(=O)[O-].Cn1cc(C[C@@H](N)C(=O)O)c2ccccc21.Cn1cc(C[C@@H]([NH3+])C(=O)O)c2ccccc21.[2H-].[3H]C. The molecule has 210 valence electrons. The number of hydrogen-bond donors (Lipinski definition) is 4. The summed E-state index contributed by atoms with van der Waals surface area (Å²) in [5.74, 6) is -1.82. The third kappa shape index (κ3) is 9.30. The zero-order valence-corrected chi connectivity index (χ0v) is 22.7. The Balaban J connectivity index is 0.000000607. The van der Waals surface area contributed by atoms with Crippen molar-refractivity contribution in [1.29, 1.82) is 0 Å². The van der Waals surface area contributed by atoms with Crippen molar-refractivity contribution in [3.8, 4) is 0 Å². The maximum absolute atomic E-state index is 10.8. The number of rotatable bonds is 6. The third-order valence-corrected chi connectivity index (χ3v) is 5.53. The maximum Gasteiger partial charge on any atom is 0.362 e. The van der Waals surface area contributed by atoms with Crippen LogP contribution >= 0.6 is 0 Å². The molecule has 0 aliphatic rings. The molecule has 2 atom stereocenters. The normalized spacial score (nSPS) is 12.6. The van der Waals surface area contributed by atoms with Gasteiger partial charge < -0.3 is 36.8 Å². The predicted octanol–water partition coefficient (Wildman–Crippen LogP) is 1.46. The van der Waals surface area contributed by atoms with Gasteiger partial charge in [0.15, 0.2) is 6.04 Å². The van der Waals surface area contributed by atoms with Crippen LogP contribution in [-0.2, 0) is 46.6 Å². The number of fused-ring (bicyclic) bond motifs is 2. The molecule has 2 aromatic carbocycles. The first kappa shape index (κ1) is 30.5. The molecule has 2 aromatic heterocycles. The first-order valence-electron chi connectivity index (χ1n) is 12.2. The Kier molecular flexibility index (Phi) is 11.0. The van der Waals surface area contributed by atoms with Gasteiger partial charge in [0.05, 0.1) is 10.1 Å². The second kappa shape index (κ2) is 13.7. The summed E-state index contributed by atoms with van der Waals surface area (Å²) in [6.45, 7) is 0. The number of aromatic nitrogens is 2. The van der Waals surface area contributed by atoms with Crippen LogP contribution in [0.25, 0.3) is 21.8 Å². The quantitative estimate of drug-likeness (QED) is 0.258. The number of aliphatic carboxylic acids is 2. The monoisotopic (exact) mass is 552 g/mol. The smallest absolute Gasteiger partial charge is 0.362 e. The van der Waals surface area contributed by atoms with Crippen molar-refractivity contribution < 1.29 is 41.3 Å². The van der Waals surface area contributed by atoms with Crippen molar-refractivity contribution in [2.45, 2.75) is 32.3 Å². The first-order chi connectivity index (χ1) is 18.2. The van der Waals surface area contributed by atoms with Crippen molar-refractivity contribution >= 4 is 43.9 Å². The average Bonchev–Trinajstić information content (AvgIpc) is 3.36. The lowest BCUT2D eigenvalue weighted by Gasteiger charge is -2.04. The topological polar surface area (TPSA) is 195 Å². The number of carboxylic acid groups (broad SMARTS) is 2. The van der Waals surface area contributed by atoms with Gasteiger partial charge in [-0.1, -0.05) is 43.8 Å². The highest BCUT2D eigenvalue weighted by atomic mass is 32.2. The summed E-state index contributed by atoms with van der Waals surface area (Å²) in [5, 5.41) is 19.8. The minimum Gasteiger partial charge on any atom is -1.00 e. The molecule has 11 nitrogen and oxygen atoms in total. The van der Waals surface area contributed by atoms with E-state index in [1.807, 2.05) is 84.2 Å². The van der Waals surface area contributed by atoms with Gasteiger partial charge in [0, 0.05) is 68.8 Å². The molecule has 12 heteroatoms. The number of carbonyl (C=O) groups is 2. The van der Waals surface area contributed by atoms with Crippen LogP contribution in [0.2, 0.25) is 0 Å². The van der Waals surface area contributed by atoms with Gasteiger partial charge in [0.2, 0.25) is 0 Å². The van der Waals surface area contributed by atoms with E-state index in [9.17, 15) is 9.59 Å². The molecule has 7 N–H and O–H groups in total. The summed E-state index contributed by atoms with van der Waals surface area (Å²) in [4.78, 5) is 21.5. The van der Waals surface area contributed by atoms with E-state index in [0.29, 0.717) is 19.1 Å². The van der Waals surface area contributed by atoms with Gasteiger partial charge >= 0.3 is 11.9 Å². The Bertz CT molecular complexity index is 1400. The van der Waals surface area contributed by atoms with Crippen LogP contribution in [0.15, 0.2) is 60.9 Å². The van der Waals surface area contributed by atoms with Crippen LogP contribution in [0.4, 0.5) is 0 Å². The van der Waals surface area contributed by atoms with Gasteiger partial charge in [-0.05, 0) is 23.3 Å². The molecule has 0 saturated heterocycles. The number of para-hydroxylation sites is 2. The summed E-state index contributed by atoms with van der Waals surface area (Å²) in [6.07, 6.45) is 5.35. The highest BCUT2D eigenvalue weighted by Gasteiger charge is 2.18. The van der Waals surface area contributed by atoms with Gasteiger partial charge in [0.1, 0.15) is 6.04 Å². The number of hydrogen-bond acceptors (Lipinski definition) is 6. The van der Waals surface area contributed by atoms with Crippen molar-refractivity contribution in [2.75, 3.05) is 6.26 Å². The second-order valence-electron chi connectivity index (χ2n) is 8.66. The lowest BCUT2D eigenvalue weighted by Crippen LogP contribution is -2.65. The average molecular weight is 553 g/mol. The predicted molar refractivity (Wildman–Crippen MR) is 147 cm³/mol. The fourth-order valence-corrected chi connectivity index (χ4v) is 3.85. The Hall–Kier alpha value is -3.71. The number of nitrogens with two attached hydrogens (primary N) is 1. The number of aryl methyl sites for hydroxylation is 2. The van der Waals surface area contributed by atoms with Crippen LogP contribution < -0.4 is 11.5 Å². The van der Waals surface area contributed by atoms with E-state index in [1.54, 1.807) is 0 Å². The van der Waals surface area contributed by atoms with Crippen LogP contribution in [0.3, 0.4) is 0 Å². The zero-order chi connectivity index (χ0) is 29.9. The standard InChI is InChI=1S/2C12H14N2O2.CH4O3S.CH4.H/c2*1-14-7-8(6-10(13)12(15)16)9-4-2-3-5-11(9)14;1-5(2,3)4;;/h2*2-5,7,10H,6,13H2,1H3,(H,15,16);1H3,(H,2,3,4);1H4;/q;;;;-1/t2*10-;;;/m11.../s1/i;;;1T;1+1. The van der Waals surface area contributed by atoms with E-state index in [-0.39, 0.29) is 1.43 Å². The first-order valence-corrected chi connectivity index (χ1v) is 13.0. The van der Waals surface area contributed by atoms with Crippen LogP contribution in [0, 0.1) is 0 Å². The molecule has 0 radical (unpaired) electrons. The van der Waals surface area contributed by atoms with E-state index in [1.165, 1.54) is 7.40 Å². The summed E-state index contributed by atoms with van der Waals surface area (Å²) in [6, 6.07) is 14.4. The fourth-order valence-electron chi connectivity index (χ4n) is 3.85. The van der Waals surface area contributed by atoms with Gasteiger partial charge in [-0.25, -0.2) is 13.2 Å². The summed E-state index contributed by atoms with van der Waals surface area (Å²) < 4.78 is 37.0. The van der Waals surface area contributed by atoms with Gasteiger partial charge in [-0.2, -0.15) is 0 Å². The number of nitrogens with zero attached hydrogens (tertiary/aromatic N) is 2. The van der Waals surface area contributed by atoms with Crippen LogP contribution in [-0.4, -0.2) is 62.6 Å². The molecule has 0 saturated carbocycles. The van der Waals surface area contributed by atoms with E-state index in [4.69, 9.17) is 30.3 Å². The Labute approximate surface area is 224 Å². The fraction of sp³-hybridized carbons (Fsp3) is 0.308. The summed E-state index contributed by atoms with van der Waals surface area (Å²) >= 11 is 0. The Morgan fingerprint density at radius 2 is 1.34 bits per heavy atom. The number of carboxylic acids is 2. The number of quaternary nitrogens is 1. The zero-order valence-electron chi connectivity index (χ0n) is 23.9. The molecule has 0 spiro atoms. The maximum atomic E-state index is 10.8. The van der Waals surface area contributed by atoms with Crippen molar-refractivity contribution in [1.82, 2.24) is 9.13 Å². The van der Waals surface area contributed by atoms with Gasteiger partial charge in [-0.15, -0.1) is 0 Å². The largest absolute Gasteiger partial charge is 1.00 e. The molecule has 38 heavy (non-hydrogen) atoms. The minimum atomic E-state index is -3.92. The lowest BCUT2D eigenvalue weighted by atomic mass is 10.1. The molecular formula is C26H37N4O7S-. The highest BCUT2D eigenvalue weighted by Crippen LogP contribution is 2.22. The second-order valence-corrected chi connectivity index (χ2v) is 10.1. The van der Waals surface area contributed by atoms with Gasteiger partial charge in [0.25, 0.3) is 0 Å². The van der Waals surface area contributed by atoms with Gasteiger partial charge in [-0.3, -0.25) is 4.79 Å². The molecule has 0 amide bonds. The molecule has 4 rings (SSSR count). The molecule has 0 aliphatic heterocycles. The lowest BCUT2D eigenvalue weighted by molar-refractivity contribution is -0.407. The third-order valence-electron chi connectivity index (χ3n) is 5.53. The molecule has 4 aromatic rings. The highest BCUT2D eigenvalue weighted by molar-refractivity contribution is 7.84. The Morgan fingerprint density at radius 1 is 0.974 bits per heavy atom. The Morgan fingerprint density at radius 3 is 1.71 bits per heavy atom. The minimum absolute atomic E-state index is 0. The molecule has 0 unspecified atom stereocenters. The number of benzene rings is 2. The van der Waals surface area contributed by atoms with Crippen molar-refractivity contribution in [2.24, 2.45) is 19.8 Å². The van der Waals surface area contributed by atoms with E-state index in [0.717, 1.165) is 32.9 Å². The van der Waals surface area contributed by atoms with Crippen LogP contribution in [0.5, 0.6) is 0 Å². The van der Waals surface area contributed by atoms with Crippen LogP contribution in [0.1, 0.15) is 21.3 Å². The molecule has 2 heterocycles.